The molecule has 6 heteroatoms. The van der Waals surface area contributed by atoms with Crippen molar-refractivity contribution in [3.05, 3.63) is 39.1 Å². The van der Waals surface area contributed by atoms with Crippen molar-refractivity contribution in [3.8, 4) is 5.69 Å². The van der Waals surface area contributed by atoms with Crippen molar-refractivity contribution in [2.24, 2.45) is 0 Å². The summed E-state index contributed by atoms with van der Waals surface area (Å²) in [5.41, 5.74) is 4.33. The third-order valence-corrected chi connectivity index (χ3v) is 3.52. The van der Waals surface area contributed by atoms with Crippen LogP contribution in [0.25, 0.3) is 5.69 Å². The Morgan fingerprint density at radius 1 is 1.37 bits per heavy atom. The van der Waals surface area contributed by atoms with Gasteiger partial charge in [0.05, 0.1) is 23.5 Å². The Kier molecular flexibility index (Phi) is 3.71. The fourth-order valence-corrected chi connectivity index (χ4v) is 2.90. The average Bonchev–Trinajstić information content (AvgIpc) is 2.60. The van der Waals surface area contributed by atoms with Gasteiger partial charge < -0.3 is 5.11 Å². The SMILES string of the molecule is Cc1cc(C)c(-n2nnc(CC(=O)O)c2C)c(Br)c1. The summed E-state index contributed by atoms with van der Waals surface area (Å²) in [4.78, 5) is 10.8. The standard InChI is InChI=1S/C13H14BrN3O2/c1-7-4-8(2)13(10(14)5-7)17-9(3)11(15-16-17)6-12(18)19/h4-5H,6H2,1-3H3,(H,18,19). The number of carboxylic acids is 1. The smallest absolute Gasteiger partial charge is 0.309 e. The summed E-state index contributed by atoms with van der Waals surface area (Å²) in [6, 6.07) is 4.05. The molecule has 19 heavy (non-hydrogen) atoms. The molecule has 0 unspecified atom stereocenters. The number of benzene rings is 1. The summed E-state index contributed by atoms with van der Waals surface area (Å²) in [5, 5.41) is 16.8. The predicted octanol–water partition coefficient (Wildman–Crippen LogP) is 2.58. The second-order valence-corrected chi connectivity index (χ2v) is 5.37. The lowest BCUT2D eigenvalue weighted by atomic mass is 10.1. The summed E-state index contributed by atoms with van der Waals surface area (Å²) in [6.45, 7) is 5.83. The van der Waals surface area contributed by atoms with Crippen LogP contribution in [0.2, 0.25) is 0 Å². The molecule has 0 fully saturated rings. The molecule has 0 spiro atoms. The van der Waals surface area contributed by atoms with Crippen LogP contribution in [0.4, 0.5) is 0 Å². The van der Waals surface area contributed by atoms with E-state index in [1.165, 1.54) is 0 Å². The maximum Gasteiger partial charge on any atom is 0.309 e. The molecule has 0 saturated carbocycles. The van der Waals surface area contributed by atoms with Gasteiger partial charge in [0.1, 0.15) is 0 Å². The second-order valence-electron chi connectivity index (χ2n) is 4.52. The van der Waals surface area contributed by atoms with Crippen molar-refractivity contribution in [1.29, 1.82) is 0 Å². The van der Waals surface area contributed by atoms with Gasteiger partial charge in [-0.05, 0) is 53.9 Å². The third-order valence-electron chi connectivity index (χ3n) is 2.92. The van der Waals surface area contributed by atoms with E-state index >= 15 is 0 Å². The molecule has 0 aliphatic rings. The van der Waals surface area contributed by atoms with Crippen LogP contribution in [0.1, 0.15) is 22.5 Å². The Morgan fingerprint density at radius 2 is 2.05 bits per heavy atom. The van der Waals surface area contributed by atoms with Crippen molar-refractivity contribution in [1.82, 2.24) is 15.0 Å². The van der Waals surface area contributed by atoms with E-state index in [0.29, 0.717) is 5.69 Å². The molecule has 2 aromatic rings. The van der Waals surface area contributed by atoms with E-state index in [2.05, 4.69) is 32.3 Å². The number of aromatic nitrogens is 3. The van der Waals surface area contributed by atoms with Gasteiger partial charge in [0.25, 0.3) is 0 Å². The van der Waals surface area contributed by atoms with Gasteiger partial charge in [-0.2, -0.15) is 0 Å². The van der Waals surface area contributed by atoms with Crippen LogP contribution in [-0.4, -0.2) is 26.1 Å². The maximum absolute atomic E-state index is 10.8. The summed E-state index contributed by atoms with van der Waals surface area (Å²) >= 11 is 3.52. The van der Waals surface area contributed by atoms with Crippen molar-refractivity contribution in [2.75, 3.05) is 0 Å². The zero-order chi connectivity index (χ0) is 14.2. The van der Waals surface area contributed by atoms with E-state index in [4.69, 9.17) is 5.11 Å². The first-order valence-corrected chi connectivity index (χ1v) is 6.59. The van der Waals surface area contributed by atoms with Crippen LogP contribution in [0, 0.1) is 20.8 Å². The maximum atomic E-state index is 10.8. The Morgan fingerprint density at radius 3 is 2.63 bits per heavy atom. The predicted molar refractivity (Wildman–Crippen MR) is 74.6 cm³/mol. The molecule has 1 heterocycles. The number of halogens is 1. The van der Waals surface area contributed by atoms with E-state index in [0.717, 1.165) is 27.0 Å². The Balaban J connectivity index is 2.54. The van der Waals surface area contributed by atoms with Gasteiger partial charge in [-0.25, -0.2) is 4.68 Å². The Labute approximate surface area is 119 Å². The zero-order valence-corrected chi connectivity index (χ0v) is 12.5. The number of aryl methyl sites for hydroxylation is 2. The lowest BCUT2D eigenvalue weighted by Gasteiger charge is -2.11. The van der Waals surface area contributed by atoms with Crippen LogP contribution in [0.5, 0.6) is 0 Å². The minimum Gasteiger partial charge on any atom is -0.481 e. The van der Waals surface area contributed by atoms with Gasteiger partial charge in [-0.15, -0.1) is 5.10 Å². The van der Waals surface area contributed by atoms with Crippen LogP contribution >= 0.6 is 15.9 Å². The number of carboxylic acid groups (broad SMARTS) is 1. The molecular weight excluding hydrogens is 310 g/mol. The van der Waals surface area contributed by atoms with Gasteiger partial charge in [0, 0.05) is 4.47 Å². The van der Waals surface area contributed by atoms with Gasteiger partial charge in [-0.1, -0.05) is 11.3 Å². The molecule has 1 aromatic carbocycles. The molecule has 0 radical (unpaired) electrons. The molecule has 1 aromatic heterocycles. The number of hydrogen-bond donors (Lipinski definition) is 1. The Bertz CT molecular complexity index is 626. The van der Waals surface area contributed by atoms with Gasteiger partial charge in [0.15, 0.2) is 0 Å². The minimum absolute atomic E-state index is 0.117. The molecule has 0 amide bonds. The van der Waals surface area contributed by atoms with Gasteiger partial charge >= 0.3 is 5.97 Å². The fourth-order valence-electron chi connectivity index (χ4n) is 2.06. The molecule has 100 valence electrons. The van der Waals surface area contributed by atoms with E-state index < -0.39 is 5.97 Å². The first kappa shape index (κ1) is 13.7. The quantitative estimate of drug-likeness (QED) is 0.942. The highest BCUT2D eigenvalue weighted by atomic mass is 79.9. The number of aliphatic carboxylic acids is 1. The summed E-state index contributed by atoms with van der Waals surface area (Å²) in [5.74, 6) is -0.908. The molecule has 0 saturated heterocycles. The lowest BCUT2D eigenvalue weighted by molar-refractivity contribution is -0.136. The van der Waals surface area contributed by atoms with Crippen LogP contribution < -0.4 is 0 Å². The first-order valence-electron chi connectivity index (χ1n) is 5.80. The topological polar surface area (TPSA) is 68.0 Å². The van der Waals surface area contributed by atoms with Gasteiger partial charge in [0.2, 0.25) is 0 Å². The van der Waals surface area contributed by atoms with Crippen molar-refractivity contribution in [3.63, 3.8) is 0 Å². The second kappa shape index (κ2) is 5.13. The minimum atomic E-state index is -0.908. The molecule has 1 N–H and O–H groups in total. The third kappa shape index (κ3) is 2.68. The summed E-state index contributed by atoms with van der Waals surface area (Å²) in [7, 11) is 0. The number of carbonyl (C=O) groups is 1. The zero-order valence-electron chi connectivity index (χ0n) is 10.9. The highest BCUT2D eigenvalue weighted by Gasteiger charge is 2.16. The molecule has 5 nitrogen and oxygen atoms in total. The van der Waals surface area contributed by atoms with Crippen molar-refractivity contribution < 1.29 is 9.90 Å². The number of rotatable bonds is 3. The van der Waals surface area contributed by atoms with Crippen molar-refractivity contribution in [2.45, 2.75) is 27.2 Å². The largest absolute Gasteiger partial charge is 0.481 e. The van der Waals surface area contributed by atoms with Crippen molar-refractivity contribution >= 4 is 21.9 Å². The van der Waals surface area contributed by atoms with E-state index in [1.54, 1.807) is 4.68 Å². The molecule has 0 aliphatic heterocycles. The summed E-state index contributed by atoms with van der Waals surface area (Å²) < 4.78 is 2.59. The lowest BCUT2D eigenvalue weighted by Crippen LogP contribution is -2.05. The van der Waals surface area contributed by atoms with E-state index in [1.807, 2.05) is 26.8 Å². The fraction of sp³-hybridized carbons (Fsp3) is 0.308. The number of nitrogens with zero attached hydrogens (tertiary/aromatic N) is 3. The van der Waals surface area contributed by atoms with Crippen LogP contribution in [-0.2, 0) is 11.2 Å². The highest BCUT2D eigenvalue weighted by Crippen LogP contribution is 2.27. The van der Waals surface area contributed by atoms with Crippen LogP contribution in [0.15, 0.2) is 16.6 Å². The number of hydrogen-bond acceptors (Lipinski definition) is 3. The van der Waals surface area contributed by atoms with Gasteiger partial charge in [-0.3, -0.25) is 4.79 Å². The molecule has 2 rings (SSSR count). The molecule has 0 bridgehead atoms. The normalized spacial score (nSPS) is 10.7. The average molecular weight is 324 g/mol. The van der Waals surface area contributed by atoms with Crippen LogP contribution in [0.3, 0.4) is 0 Å². The molecule has 0 atom stereocenters. The highest BCUT2D eigenvalue weighted by molar-refractivity contribution is 9.10. The molecule has 0 aliphatic carbocycles. The summed E-state index contributed by atoms with van der Waals surface area (Å²) in [6.07, 6.45) is -0.117. The van der Waals surface area contributed by atoms with E-state index in [-0.39, 0.29) is 6.42 Å². The monoisotopic (exact) mass is 323 g/mol. The first-order chi connectivity index (χ1) is 8.90. The van der Waals surface area contributed by atoms with E-state index in [9.17, 15) is 4.79 Å². The Hall–Kier alpha value is -1.69. The molecular formula is C13H14BrN3O2.